The highest BCUT2D eigenvalue weighted by Crippen LogP contribution is 2.27. The van der Waals surface area contributed by atoms with Crippen molar-refractivity contribution >= 4 is 45.9 Å². The van der Waals surface area contributed by atoms with Gasteiger partial charge in [-0.05, 0) is 24.3 Å². The smallest absolute Gasteiger partial charge is 0.299 e. The number of hydrogen-bond donors (Lipinski definition) is 1. The molecule has 0 unspecified atom stereocenters. The van der Waals surface area contributed by atoms with Crippen molar-refractivity contribution < 1.29 is 14.5 Å². The fourth-order valence-corrected chi connectivity index (χ4v) is 3.70. The standard InChI is InChI=1S/C24H18N6O4S/c31-16-34-23(14-18-6-4-5-9-22(18)30(32)33)28-29-24-25-21(15-35-24)17-10-12-20(13-11-17)27-26-19-7-2-1-3-8-19/h1-13,15-16H,14H2,(H,25,29)/b27-26?,28-23+. The van der Waals surface area contributed by atoms with Crippen LogP contribution in [0.25, 0.3) is 11.3 Å². The van der Waals surface area contributed by atoms with Gasteiger partial charge in [0, 0.05) is 22.6 Å². The van der Waals surface area contributed by atoms with E-state index in [1.807, 2.05) is 60.0 Å². The first-order valence-corrected chi connectivity index (χ1v) is 11.2. The number of hydrogen-bond acceptors (Lipinski definition) is 10. The van der Waals surface area contributed by atoms with E-state index >= 15 is 0 Å². The molecule has 174 valence electrons. The van der Waals surface area contributed by atoms with Crippen LogP contribution in [0.1, 0.15) is 5.56 Å². The van der Waals surface area contributed by atoms with Crippen molar-refractivity contribution in [1.82, 2.24) is 4.98 Å². The van der Waals surface area contributed by atoms with Crippen LogP contribution in [0.5, 0.6) is 0 Å². The highest BCUT2D eigenvalue weighted by molar-refractivity contribution is 7.14. The molecular formula is C24H18N6O4S. The second kappa shape index (κ2) is 11.4. The number of benzene rings is 3. The average molecular weight is 487 g/mol. The molecule has 0 saturated heterocycles. The van der Waals surface area contributed by atoms with Crippen molar-refractivity contribution in [3.05, 3.63) is 99.9 Å². The normalized spacial score (nSPS) is 11.4. The zero-order valence-electron chi connectivity index (χ0n) is 18.1. The number of hydrazone groups is 1. The second-order valence-electron chi connectivity index (χ2n) is 7.01. The van der Waals surface area contributed by atoms with Crippen LogP contribution < -0.4 is 5.43 Å². The minimum atomic E-state index is -0.497. The number of ether oxygens (including phenoxy) is 1. The van der Waals surface area contributed by atoms with Crippen molar-refractivity contribution in [2.75, 3.05) is 5.43 Å². The first-order valence-electron chi connectivity index (χ1n) is 10.3. The summed E-state index contributed by atoms with van der Waals surface area (Å²) in [5.74, 6) is -0.0285. The van der Waals surface area contributed by atoms with Gasteiger partial charge in [0.25, 0.3) is 12.2 Å². The van der Waals surface area contributed by atoms with Crippen LogP contribution >= 0.6 is 11.3 Å². The first-order chi connectivity index (χ1) is 17.1. The predicted octanol–water partition coefficient (Wildman–Crippen LogP) is 6.27. The van der Waals surface area contributed by atoms with Crippen molar-refractivity contribution in [2.24, 2.45) is 15.3 Å². The molecule has 11 heteroatoms. The lowest BCUT2D eigenvalue weighted by atomic mass is 10.1. The van der Waals surface area contributed by atoms with Crippen molar-refractivity contribution in [3.8, 4) is 11.3 Å². The molecule has 0 saturated carbocycles. The quantitative estimate of drug-likeness (QED) is 0.0740. The molecule has 35 heavy (non-hydrogen) atoms. The molecule has 0 aliphatic carbocycles. The number of azo groups is 1. The van der Waals surface area contributed by atoms with Gasteiger partial charge in [0.15, 0.2) is 0 Å². The molecular weight excluding hydrogens is 468 g/mol. The van der Waals surface area contributed by atoms with Crippen LogP contribution in [0.15, 0.2) is 99.6 Å². The Balaban J connectivity index is 1.43. The van der Waals surface area contributed by atoms with Crippen LogP contribution in [0.4, 0.5) is 22.2 Å². The van der Waals surface area contributed by atoms with Crippen LogP contribution in [0.2, 0.25) is 0 Å². The maximum atomic E-state index is 11.2. The molecule has 0 atom stereocenters. The maximum absolute atomic E-state index is 11.2. The Morgan fingerprint density at radius 3 is 2.40 bits per heavy atom. The van der Waals surface area contributed by atoms with E-state index in [0.29, 0.717) is 16.4 Å². The van der Waals surface area contributed by atoms with Gasteiger partial charge in [0.2, 0.25) is 11.0 Å². The van der Waals surface area contributed by atoms with E-state index in [4.69, 9.17) is 4.74 Å². The summed E-state index contributed by atoms with van der Waals surface area (Å²) in [6.45, 7) is 0.221. The predicted molar refractivity (Wildman–Crippen MR) is 133 cm³/mol. The number of thiazole rings is 1. The molecule has 4 rings (SSSR count). The summed E-state index contributed by atoms with van der Waals surface area (Å²) >= 11 is 1.31. The topological polar surface area (TPSA) is 131 Å². The van der Waals surface area contributed by atoms with Crippen LogP contribution in [0, 0.1) is 10.1 Å². The van der Waals surface area contributed by atoms with Crippen LogP contribution in [-0.4, -0.2) is 22.3 Å². The number of anilines is 1. The lowest BCUT2D eigenvalue weighted by Crippen LogP contribution is -2.11. The van der Waals surface area contributed by atoms with Crippen molar-refractivity contribution in [2.45, 2.75) is 6.42 Å². The molecule has 1 N–H and O–H groups in total. The number of nitrogens with one attached hydrogen (secondary N) is 1. The minimum Gasteiger partial charge on any atom is -0.412 e. The van der Waals surface area contributed by atoms with E-state index in [-0.39, 0.29) is 24.5 Å². The monoisotopic (exact) mass is 486 g/mol. The average Bonchev–Trinajstić information content (AvgIpc) is 3.36. The van der Waals surface area contributed by atoms with Gasteiger partial charge in [0.1, 0.15) is 0 Å². The molecule has 0 aliphatic heterocycles. The molecule has 0 amide bonds. The van der Waals surface area contributed by atoms with Crippen LogP contribution in [0.3, 0.4) is 0 Å². The summed E-state index contributed by atoms with van der Waals surface area (Å²) in [4.78, 5) is 26.1. The molecule has 0 fully saturated rings. The SMILES string of the molecule is O=CO/C(Cc1ccccc1[N+](=O)[O-])=N/Nc1nc(-c2ccc(N=Nc3ccccc3)cc2)cs1. The van der Waals surface area contributed by atoms with E-state index in [0.717, 1.165) is 16.9 Å². The summed E-state index contributed by atoms with van der Waals surface area (Å²) < 4.78 is 4.90. The molecule has 10 nitrogen and oxygen atoms in total. The first kappa shape index (κ1) is 23.4. The highest BCUT2D eigenvalue weighted by Gasteiger charge is 2.16. The van der Waals surface area contributed by atoms with E-state index in [1.165, 1.54) is 17.4 Å². The Morgan fingerprint density at radius 1 is 1.00 bits per heavy atom. The van der Waals surface area contributed by atoms with E-state index in [9.17, 15) is 14.9 Å². The summed E-state index contributed by atoms with van der Waals surface area (Å²) in [5, 5.41) is 26.0. The third-order valence-corrected chi connectivity index (χ3v) is 5.44. The fraction of sp³-hybridized carbons (Fsp3) is 0.0417. The zero-order chi connectivity index (χ0) is 24.5. The summed E-state index contributed by atoms with van der Waals surface area (Å²) in [6.07, 6.45) is -0.0415. The van der Waals surface area contributed by atoms with Crippen LogP contribution in [-0.2, 0) is 16.0 Å². The number of nitrogens with zero attached hydrogens (tertiary/aromatic N) is 5. The van der Waals surface area contributed by atoms with E-state index in [2.05, 4.69) is 25.7 Å². The Bertz CT molecular complexity index is 1370. The third kappa shape index (κ3) is 6.39. The van der Waals surface area contributed by atoms with Gasteiger partial charge < -0.3 is 4.74 Å². The lowest BCUT2D eigenvalue weighted by Gasteiger charge is -2.05. The van der Waals surface area contributed by atoms with E-state index in [1.54, 1.807) is 18.2 Å². The van der Waals surface area contributed by atoms with Gasteiger partial charge in [-0.25, -0.2) is 10.4 Å². The van der Waals surface area contributed by atoms with Gasteiger partial charge in [-0.15, -0.1) is 16.4 Å². The highest BCUT2D eigenvalue weighted by atomic mass is 32.1. The molecule has 4 aromatic rings. The fourth-order valence-electron chi connectivity index (χ4n) is 3.04. The van der Waals surface area contributed by atoms with Gasteiger partial charge >= 0.3 is 0 Å². The van der Waals surface area contributed by atoms with Gasteiger partial charge in [-0.3, -0.25) is 14.9 Å². The Hall–Kier alpha value is -4.77. The van der Waals surface area contributed by atoms with Crippen molar-refractivity contribution in [3.63, 3.8) is 0 Å². The Kier molecular flexibility index (Phi) is 7.61. The summed E-state index contributed by atoms with van der Waals surface area (Å²) in [5.41, 5.74) is 6.10. The number of carbonyl (C=O) groups is 1. The molecule has 1 heterocycles. The van der Waals surface area contributed by atoms with E-state index < -0.39 is 4.92 Å². The second-order valence-corrected chi connectivity index (χ2v) is 7.87. The molecule has 0 radical (unpaired) electrons. The number of aromatic nitrogens is 1. The number of carbonyl (C=O) groups excluding carboxylic acids is 1. The van der Waals surface area contributed by atoms with Crippen molar-refractivity contribution in [1.29, 1.82) is 0 Å². The Labute approximate surface area is 203 Å². The molecule has 0 bridgehead atoms. The van der Waals surface area contributed by atoms with Gasteiger partial charge in [-0.1, -0.05) is 48.5 Å². The largest absolute Gasteiger partial charge is 0.412 e. The molecule has 0 aliphatic rings. The number of nitro groups is 1. The lowest BCUT2D eigenvalue weighted by molar-refractivity contribution is -0.385. The number of nitro benzene ring substituents is 1. The number of para-hydroxylation sites is 1. The molecule has 3 aromatic carbocycles. The number of rotatable bonds is 9. The van der Waals surface area contributed by atoms with Gasteiger partial charge in [0.05, 0.1) is 28.4 Å². The summed E-state index contributed by atoms with van der Waals surface area (Å²) in [6, 6.07) is 23.1. The summed E-state index contributed by atoms with van der Waals surface area (Å²) in [7, 11) is 0. The maximum Gasteiger partial charge on any atom is 0.299 e. The Morgan fingerprint density at radius 2 is 1.69 bits per heavy atom. The minimum absolute atomic E-state index is 0.0285. The van der Waals surface area contributed by atoms with Gasteiger partial charge in [-0.2, -0.15) is 10.2 Å². The molecule has 0 spiro atoms. The molecule has 1 aromatic heterocycles. The third-order valence-electron chi connectivity index (χ3n) is 4.69. The zero-order valence-corrected chi connectivity index (χ0v) is 19.0.